The van der Waals surface area contributed by atoms with Gasteiger partial charge in [0.05, 0.1) is 18.4 Å². The van der Waals surface area contributed by atoms with Crippen molar-refractivity contribution in [3.8, 4) is 0 Å². The van der Waals surface area contributed by atoms with E-state index in [0.29, 0.717) is 11.1 Å². The molecule has 7 heteroatoms. The van der Waals surface area contributed by atoms with Crippen LogP contribution in [-0.2, 0) is 20.7 Å². The van der Waals surface area contributed by atoms with E-state index in [0.717, 1.165) is 29.1 Å². The summed E-state index contributed by atoms with van der Waals surface area (Å²) in [6.45, 7) is 3.28. The van der Waals surface area contributed by atoms with Crippen molar-refractivity contribution in [2.24, 2.45) is 0 Å². The molecule has 0 radical (unpaired) electrons. The molecule has 0 saturated heterocycles. The summed E-state index contributed by atoms with van der Waals surface area (Å²) in [5, 5.41) is 2.99. The molecule has 0 aliphatic rings. The molecule has 1 heterocycles. The highest BCUT2D eigenvalue weighted by Crippen LogP contribution is 2.23. The number of benzene rings is 2. The molecule has 3 aromatic rings. The van der Waals surface area contributed by atoms with Gasteiger partial charge in [-0.05, 0) is 37.6 Å². The van der Waals surface area contributed by atoms with E-state index in [1.54, 1.807) is 0 Å². The summed E-state index contributed by atoms with van der Waals surface area (Å²) in [6, 6.07) is 8.28. The first-order chi connectivity index (χ1) is 12.8. The van der Waals surface area contributed by atoms with Gasteiger partial charge in [0.15, 0.2) is 6.10 Å². The highest BCUT2D eigenvalue weighted by Gasteiger charge is 2.20. The Kier molecular flexibility index (Phi) is 5.21. The number of fused-ring (bicyclic) bond motifs is 1. The second-order valence-electron chi connectivity index (χ2n) is 6.18. The summed E-state index contributed by atoms with van der Waals surface area (Å²) >= 11 is 0. The van der Waals surface area contributed by atoms with E-state index in [-0.39, 0.29) is 12.1 Å². The molecule has 0 saturated carbocycles. The zero-order valence-electron chi connectivity index (χ0n) is 14.7. The summed E-state index contributed by atoms with van der Waals surface area (Å²) in [7, 11) is 0. The van der Waals surface area contributed by atoms with Crippen LogP contribution in [0.1, 0.15) is 18.1 Å². The quantitative estimate of drug-likeness (QED) is 0.683. The van der Waals surface area contributed by atoms with E-state index in [9.17, 15) is 18.4 Å². The van der Waals surface area contributed by atoms with Gasteiger partial charge in [-0.25, -0.2) is 8.78 Å². The van der Waals surface area contributed by atoms with E-state index in [2.05, 4.69) is 5.32 Å². The zero-order valence-corrected chi connectivity index (χ0v) is 14.7. The number of furan rings is 1. The smallest absolute Gasteiger partial charge is 0.311 e. The molecular weight excluding hydrogens is 356 g/mol. The van der Waals surface area contributed by atoms with Crippen molar-refractivity contribution in [1.29, 1.82) is 0 Å². The van der Waals surface area contributed by atoms with Gasteiger partial charge in [-0.15, -0.1) is 0 Å². The first-order valence-electron chi connectivity index (χ1n) is 8.25. The minimum Gasteiger partial charge on any atom is -0.464 e. The topological polar surface area (TPSA) is 68.5 Å². The lowest BCUT2D eigenvalue weighted by molar-refractivity contribution is -0.152. The molecule has 1 aromatic heterocycles. The van der Waals surface area contributed by atoms with Gasteiger partial charge in [-0.3, -0.25) is 9.59 Å². The number of carbonyl (C=O) groups is 2. The van der Waals surface area contributed by atoms with Crippen molar-refractivity contribution in [2.45, 2.75) is 26.4 Å². The summed E-state index contributed by atoms with van der Waals surface area (Å²) in [5.74, 6) is -2.89. The van der Waals surface area contributed by atoms with E-state index in [4.69, 9.17) is 9.15 Å². The fourth-order valence-electron chi connectivity index (χ4n) is 2.60. The summed E-state index contributed by atoms with van der Waals surface area (Å²) in [5.41, 5.74) is 2.00. The van der Waals surface area contributed by atoms with Gasteiger partial charge in [0, 0.05) is 17.0 Å². The van der Waals surface area contributed by atoms with Crippen LogP contribution < -0.4 is 5.32 Å². The Morgan fingerprint density at radius 1 is 1.19 bits per heavy atom. The second kappa shape index (κ2) is 7.57. The minimum atomic E-state index is -1.18. The molecule has 0 aliphatic carbocycles. The summed E-state index contributed by atoms with van der Waals surface area (Å²) in [4.78, 5) is 24.2. The van der Waals surface area contributed by atoms with Crippen molar-refractivity contribution in [2.75, 3.05) is 5.32 Å². The maximum atomic E-state index is 13.6. The molecule has 0 aliphatic heterocycles. The molecule has 1 N–H and O–H groups in total. The lowest BCUT2D eigenvalue weighted by Gasteiger charge is -2.14. The monoisotopic (exact) mass is 373 g/mol. The Morgan fingerprint density at radius 2 is 1.96 bits per heavy atom. The van der Waals surface area contributed by atoms with E-state index < -0.39 is 29.6 Å². The van der Waals surface area contributed by atoms with Crippen molar-refractivity contribution in [3.05, 3.63) is 65.4 Å². The van der Waals surface area contributed by atoms with Gasteiger partial charge < -0.3 is 14.5 Å². The molecular formula is C20H17F2NO4. The molecule has 1 amide bonds. The number of anilines is 1. The molecule has 0 unspecified atom stereocenters. The summed E-state index contributed by atoms with van der Waals surface area (Å²) in [6.07, 6.45) is 0.209. The normalized spacial score (nSPS) is 12.0. The summed E-state index contributed by atoms with van der Waals surface area (Å²) < 4.78 is 37.3. The van der Waals surface area contributed by atoms with Crippen LogP contribution in [0, 0.1) is 18.6 Å². The lowest BCUT2D eigenvalue weighted by atomic mass is 10.1. The molecule has 140 valence electrons. The zero-order chi connectivity index (χ0) is 19.6. The molecule has 27 heavy (non-hydrogen) atoms. The highest BCUT2D eigenvalue weighted by molar-refractivity contribution is 5.95. The first-order valence-corrected chi connectivity index (χ1v) is 8.25. The number of ether oxygens (including phenoxy) is 1. The average Bonchev–Trinajstić information content (AvgIpc) is 2.99. The van der Waals surface area contributed by atoms with Crippen LogP contribution in [0.25, 0.3) is 11.0 Å². The van der Waals surface area contributed by atoms with E-state index in [1.807, 2.05) is 25.1 Å². The number of hydrogen-bond acceptors (Lipinski definition) is 4. The average molecular weight is 373 g/mol. The van der Waals surface area contributed by atoms with Crippen LogP contribution in [0.3, 0.4) is 0 Å². The fourth-order valence-corrected chi connectivity index (χ4v) is 2.60. The number of rotatable bonds is 5. The van der Waals surface area contributed by atoms with Crippen molar-refractivity contribution >= 4 is 28.5 Å². The first kappa shape index (κ1) is 18.6. The number of esters is 1. The number of carbonyl (C=O) groups excluding carboxylic acids is 2. The van der Waals surface area contributed by atoms with Crippen LogP contribution in [0.4, 0.5) is 14.5 Å². The van der Waals surface area contributed by atoms with Crippen molar-refractivity contribution in [1.82, 2.24) is 0 Å². The molecule has 0 fully saturated rings. The largest absolute Gasteiger partial charge is 0.464 e. The molecule has 0 bridgehead atoms. The maximum Gasteiger partial charge on any atom is 0.311 e. The minimum absolute atomic E-state index is 0.0813. The predicted molar refractivity (Wildman–Crippen MR) is 95.2 cm³/mol. The third-order valence-electron chi connectivity index (χ3n) is 4.01. The predicted octanol–water partition coefficient (Wildman–Crippen LogP) is 4.13. The Hall–Kier alpha value is -3.22. The third kappa shape index (κ3) is 4.31. The van der Waals surface area contributed by atoms with Crippen LogP contribution in [0.15, 0.2) is 47.1 Å². The van der Waals surface area contributed by atoms with Gasteiger partial charge in [0.1, 0.15) is 17.2 Å². The number of hydrogen-bond donors (Lipinski definition) is 1. The number of halogens is 2. The Morgan fingerprint density at radius 3 is 2.74 bits per heavy atom. The molecule has 3 rings (SSSR count). The van der Waals surface area contributed by atoms with Gasteiger partial charge in [0.25, 0.3) is 5.91 Å². The highest BCUT2D eigenvalue weighted by atomic mass is 19.1. The van der Waals surface area contributed by atoms with Crippen LogP contribution in [0.2, 0.25) is 0 Å². The number of aryl methyl sites for hydroxylation is 1. The Labute approximate surface area is 153 Å². The lowest BCUT2D eigenvalue weighted by Crippen LogP contribution is -2.30. The second-order valence-corrected chi connectivity index (χ2v) is 6.18. The van der Waals surface area contributed by atoms with Crippen molar-refractivity contribution in [3.63, 3.8) is 0 Å². The van der Waals surface area contributed by atoms with Crippen molar-refractivity contribution < 1.29 is 27.5 Å². The van der Waals surface area contributed by atoms with Gasteiger partial charge in [0.2, 0.25) is 0 Å². The van der Waals surface area contributed by atoms with Crippen LogP contribution in [0.5, 0.6) is 0 Å². The van der Waals surface area contributed by atoms with E-state index >= 15 is 0 Å². The Balaban J connectivity index is 1.62. The fraction of sp³-hybridized carbons (Fsp3) is 0.200. The number of nitrogens with one attached hydrogen (secondary N) is 1. The standard InChI is InChI=1S/C20H17F2NO4/c1-11-3-5-15-13(10-26-18(15)7-11)8-19(24)27-12(2)20(25)23-17-9-14(21)4-6-16(17)22/h3-7,9-10,12H,8H2,1-2H3,(H,23,25)/t12-/m1/s1. The van der Waals surface area contributed by atoms with Gasteiger partial charge >= 0.3 is 5.97 Å². The molecule has 1 atom stereocenters. The number of amides is 1. The van der Waals surface area contributed by atoms with Crippen LogP contribution >= 0.6 is 0 Å². The molecule has 5 nitrogen and oxygen atoms in total. The van der Waals surface area contributed by atoms with E-state index in [1.165, 1.54) is 13.2 Å². The molecule has 2 aromatic carbocycles. The van der Waals surface area contributed by atoms with Crippen LogP contribution in [-0.4, -0.2) is 18.0 Å². The third-order valence-corrected chi connectivity index (χ3v) is 4.01. The SMILES string of the molecule is Cc1ccc2c(CC(=O)O[C@H](C)C(=O)Nc3cc(F)ccc3F)coc2c1. The van der Waals surface area contributed by atoms with Gasteiger partial charge in [-0.2, -0.15) is 0 Å². The Bertz CT molecular complexity index is 1010. The molecule has 0 spiro atoms. The van der Waals surface area contributed by atoms with Gasteiger partial charge in [-0.1, -0.05) is 12.1 Å². The maximum absolute atomic E-state index is 13.6.